The van der Waals surface area contributed by atoms with Crippen molar-refractivity contribution < 1.29 is 0 Å². The van der Waals surface area contributed by atoms with E-state index in [2.05, 4.69) is 24.8 Å². The van der Waals surface area contributed by atoms with Gasteiger partial charge in [0.15, 0.2) is 0 Å². The Morgan fingerprint density at radius 3 is 2.58 bits per heavy atom. The molecule has 3 heteroatoms. The van der Waals surface area contributed by atoms with Crippen LogP contribution < -0.4 is 5.73 Å². The smallest absolute Gasteiger partial charge is 0.0471 e. The van der Waals surface area contributed by atoms with E-state index in [1.165, 1.54) is 31.2 Å². The van der Waals surface area contributed by atoms with Gasteiger partial charge in [-0.15, -0.1) is 0 Å². The van der Waals surface area contributed by atoms with Crippen molar-refractivity contribution in [1.29, 1.82) is 0 Å². The summed E-state index contributed by atoms with van der Waals surface area (Å²) in [6.45, 7) is 6.66. The fourth-order valence-electron chi connectivity index (χ4n) is 2.99. The summed E-state index contributed by atoms with van der Waals surface area (Å²) in [4.78, 5) is 2.61. The topological polar surface area (TPSA) is 29.3 Å². The van der Waals surface area contributed by atoms with E-state index < -0.39 is 0 Å². The molecule has 0 spiro atoms. The van der Waals surface area contributed by atoms with Crippen LogP contribution in [0.2, 0.25) is 5.02 Å². The number of nitrogen functional groups attached to an aromatic ring is 1. The number of hydrogen-bond acceptors (Lipinski definition) is 2. The Morgan fingerprint density at radius 1 is 1.32 bits per heavy atom. The van der Waals surface area contributed by atoms with Crippen molar-refractivity contribution in [2.45, 2.75) is 52.1 Å². The molecular formula is C16H25ClN2. The van der Waals surface area contributed by atoms with Gasteiger partial charge in [-0.3, -0.25) is 4.90 Å². The second kappa shape index (κ2) is 6.62. The number of nitrogens with zero attached hydrogens (tertiary/aromatic N) is 1. The summed E-state index contributed by atoms with van der Waals surface area (Å²) in [7, 11) is 0. The largest absolute Gasteiger partial charge is 0.399 e. The first-order valence-corrected chi connectivity index (χ1v) is 7.72. The minimum atomic E-state index is 0.688. The molecule has 2 rings (SSSR count). The molecule has 0 aliphatic heterocycles. The average molecular weight is 281 g/mol. The molecule has 0 saturated heterocycles. The van der Waals surface area contributed by atoms with Gasteiger partial charge in [-0.2, -0.15) is 0 Å². The van der Waals surface area contributed by atoms with E-state index in [1.54, 1.807) is 0 Å². The lowest BCUT2D eigenvalue weighted by Crippen LogP contribution is -2.35. The Kier molecular flexibility index (Phi) is 5.12. The molecular weight excluding hydrogens is 256 g/mol. The highest BCUT2D eigenvalue weighted by Crippen LogP contribution is 2.28. The molecule has 0 radical (unpaired) electrons. The molecule has 2 nitrogen and oxygen atoms in total. The third kappa shape index (κ3) is 4.12. The predicted molar refractivity (Wildman–Crippen MR) is 83.4 cm³/mol. The SMILES string of the molecule is CC(C)CN(Cc1ccc(N)cc1Cl)C1CCCC1. The fraction of sp³-hybridized carbons (Fsp3) is 0.625. The molecule has 19 heavy (non-hydrogen) atoms. The van der Waals surface area contributed by atoms with Crippen molar-refractivity contribution in [2.75, 3.05) is 12.3 Å². The standard InChI is InChI=1S/C16H25ClN2/c1-12(2)10-19(15-5-3-4-6-15)11-13-7-8-14(18)9-16(13)17/h7-9,12,15H,3-6,10-11,18H2,1-2H3. The van der Waals surface area contributed by atoms with Crippen LogP contribution in [0, 0.1) is 5.92 Å². The predicted octanol–water partition coefficient (Wildman–Crippen LogP) is 4.32. The highest BCUT2D eigenvalue weighted by molar-refractivity contribution is 6.31. The van der Waals surface area contributed by atoms with Gasteiger partial charge in [0.05, 0.1) is 0 Å². The number of benzene rings is 1. The molecule has 2 N–H and O–H groups in total. The molecule has 0 unspecified atom stereocenters. The monoisotopic (exact) mass is 280 g/mol. The Labute approximate surface area is 121 Å². The molecule has 1 fully saturated rings. The van der Waals surface area contributed by atoms with Crippen LogP contribution in [0.3, 0.4) is 0 Å². The zero-order chi connectivity index (χ0) is 13.8. The number of anilines is 1. The van der Waals surface area contributed by atoms with E-state index in [0.29, 0.717) is 5.92 Å². The summed E-state index contributed by atoms with van der Waals surface area (Å²) in [5, 5.41) is 0.798. The number of nitrogens with two attached hydrogens (primary N) is 1. The highest BCUT2D eigenvalue weighted by atomic mass is 35.5. The van der Waals surface area contributed by atoms with Gasteiger partial charge in [-0.05, 0) is 36.5 Å². The molecule has 0 heterocycles. The van der Waals surface area contributed by atoms with Gasteiger partial charge in [0, 0.05) is 29.8 Å². The van der Waals surface area contributed by atoms with Crippen LogP contribution in [0.15, 0.2) is 18.2 Å². The Morgan fingerprint density at radius 2 is 2.00 bits per heavy atom. The maximum absolute atomic E-state index is 6.31. The second-order valence-electron chi connectivity index (χ2n) is 6.11. The van der Waals surface area contributed by atoms with Gasteiger partial charge in [-0.25, -0.2) is 0 Å². The molecule has 1 aliphatic carbocycles. The summed E-state index contributed by atoms with van der Waals surface area (Å²) in [6.07, 6.45) is 5.40. The lowest BCUT2D eigenvalue weighted by Gasteiger charge is -2.30. The molecule has 106 valence electrons. The molecule has 0 bridgehead atoms. The summed E-state index contributed by atoms with van der Waals surface area (Å²) in [5.41, 5.74) is 7.70. The van der Waals surface area contributed by atoms with Gasteiger partial charge in [0.1, 0.15) is 0 Å². The minimum absolute atomic E-state index is 0.688. The van der Waals surface area contributed by atoms with Gasteiger partial charge in [0.25, 0.3) is 0 Å². The lowest BCUT2D eigenvalue weighted by molar-refractivity contribution is 0.168. The first-order chi connectivity index (χ1) is 9.06. The normalized spacial score (nSPS) is 16.7. The zero-order valence-corrected chi connectivity index (χ0v) is 12.8. The molecule has 1 saturated carbocycles. The molecule has 0 amide bonds. The van der Waals surface area contributed by atoms with Crippen molar-refractivity contribution in [3.63, 3.8) is 0 Å². The van der Waals surface area contributed by atoms with Crippen molar-refractivity contribution >= 4 is 17.3 Å². The zero-order valence-electron chi connectivity index (χ0n) is 12.0. The lowest BCUT2D eigenvalue weighted by atomic mass is 10.1. The van der Waals surface area contributed by atoms with Crippen LogP contribution in [0.4, 0.5) is 5.69 Å². The van der Waals surface area contributed by atoms with E-state index in [4.69, 9.17) is 17.3 Å². The number of hydrogen-bond donors (Lipinski definition) is 1. The Hall–Kier alpha value is -0.730. The van der Waals surface area contributed by atoms with E-state index >= 15 is 0 Å². The Bertz CT molecular complexity index is 411. The van der Waals surface area contributed by atoms with Crippen LogP contribution >= 0.6 is 11.6 Å². The van der Waals surface area contributed by atoms with Crippen molar-refractivity contribution in [3.8, 4) is 0 Å². The van der Waals surface area contributed by atoms with Gasteiger partial charge < -0.3 is 5.73 Å². The fourth-order valence-corrected chi connectivity index (χ4v) is 3.24. The van der Waals surface area contributed by atoms with Crippen molar-refractivity contribution in [2.24, 2.45) is 5.92 Å². The number of halogens is 1. The van der Waals surface area contributed by atoms with Gasteiger partial charge >= 0.3 is 0 Å². The van der Waals surface area contributed by atoms with Crippen LogP contribution in [-0.4, -0.2) is 17.5 Å². The van der Waals surface area contributed by atoms with Crippen molar-refractivity contribution in [3.05, 3.63) is 28.8 Å². The number of rotatable bonds is 5. The minimum Gasteiger partial charge on any atom is -0.399 e. The summed E-state index contributed by atoms with van der Waals surface area (Å²) in [6, 6.07) is 6.61. The maximum Gasteiger partial charge on any atom is 0.0471 e. The summed E-state index contributed by atoms with van der Waals surface area (Å²) in [5.74, 6) is 0.688. The van der Waals surface area contributed by atoms with E-state index in [9.17, 15) is 0 Å². The third-order valence-corrected chi connectivity index (χ3v) is 4.24. The quantitative estimate of drug-likeness (QED) is 0.814. The second-order valence-corrected chi connectivity index (χ2v) is 6.52. The maximum atomic E-state index is 6.31. The Balaban J connectivity index is 2.09. The van der Waals surface area contributed by atoms with Crippen LogP contribution in [0.1, 0.15) is 45.1 Å². The first-order valence-electron chi connectivity index (χ1n) is 7.34. The molecule has 1 aromatic rings. The van der Waals surface area contributed by atoms with Crippen LogP contribution in [0.5, 0.6) is 0 Å². The third-order valence-electron chi connectivity index (χ3n) is 3.89. The average Bonchev–Trinajstić information content (AvgIpc) is 2.84. The summed E-state index contributed by atoms with van der Waals surface area (Å²) >= 11 is 6.31. The van der Waals surface area contributed by atoms with Gasteiger partial charge in [0.2, 0.25) is 0 Å². The molecule has 0 atom stereocenters. The summed E-state index contributed by atoms with van der Waals surface area (Å²) < 4.78 is 0. The van der Waals surface area contributed by atoms with Crippen LogP contribution in [-0.2, 0) is 6.54 Å². The van der Waals surface area contributed by atoms with E-state index in [-0.39, 0.29) is 0 Å². The van der Waals surface area contributed by atoms with Gasteiger partial charge in [-0.1, -0.05) is 44.4 Å². The first kappa shape index (κ1) is 14.7. The van der Waals surface area contributed by atoms with E-state index in [0.717, 1.165) is 29.8 Å². The van der Waals surface area contributed by atoms with E-state index in [1.807, 2.05) is 12.1 Å². The molecule has 1 aliphatic rings. The molecule has 0 aromatic heterocycles. The highest BCUT2D eigenvalue weighted by Gasteiger charge is 2.23. The molecule has 1 aromatic carbocycles. The van der Waals surface area contributed by atoms with Crippen molar-refractivity contribution in [1.82, 2.24) is 4.90 Å². The van der Waals surface area contributed by atoms with Crippen LogP contribution in [0.25, 0.3) is 0 Å².